The van der Waals surface area contributed by atoms with Crippen LogP contribution in [0.4, 0.5) is 17.1 Å². The molecule has 3 nitrogen and oxygen atoms in total. The maximum atomic E-state index is 4.05. The summed E-state index contributed by atoms with van der Waals surface area (Å²) in [5.41, 5.74) is 4.55. The molecule has 0 aliphatic rings. The van der Waals surface area contributed by atoms with Crippen molar-refractivity contribution >= 4 is 33.0 Å². The molecular weight excluding hydrogens is 290 g/mol. The van der Waals surface area contributed by atoms with E-state index < -0.39 is 0 Å². The third-order valence-corrected chi connectivity index (χ3v) is 3.37. The lowest BCUT2D eigenvalue weighted by molar-refractivity contribution is 1.11. The number of aromatic nitrogens is 1. The van der Waals surface area contributed by atoms with Crippen molar-refractivity contribution < 1.29 is 0 Å². The van der Waals surface area contributed by atoms with Gasteiger partial charge in [0.25, 0.3) is 0 Å². The van der Waals surface area contributed by atoms with E-state index >= 15 is 0 Å². The van der Waals surface area contributed by atoms with Gasteiger partial charge in [0, 0.05) is 37.9 Å². The molecule has 18 heavy (non-hydrogen) atoms. The third kappa shape index (κ3) is 2.82. The smallest absolute Gasteiger partial charge is 0.0593 e. The molecule has 0 amide bonds. The molecule has 2 aromatic rings. The number of pyridine rings is 1. The molecule has 1 aromatic heterocycles. The zero-order chi connectivity index (χ0) is 13.1. The highest BCUT2D eigenvalue weighted by atomic mass is 79.9. The Bertz CT molecular complexity index is 552. The lowest BCUT2D eigenvalue weighted by Crippen LogP contribution is -2.10. The van der Waals surface area contributed by atoms with E-state index in [0.717, 1.165) is 15.8 Å². The van der Waals surface area contributed by atoms with Crippen molar-refractivity contribution in [3.63, 3.8) is 0 Å². The molecule has 0 atom stereocenters. The van der Waals surface area contributed by atoms with E-state index in [1.54, 1.807) is 12.4 Å². The van der Waals surface area contributed by atoms with E-state index in [9.17, 15) is 0 Å². The van der Waals surface area contributed by atoms with Gasteiger partial charge in [0.05, 0.1) is 10.2 Å². The Balaban J connectivity index is 2.30. The summed E-state index contributed by atoms with van der Waals surface area (Å²) in [4.78, 5) is 6.16. The topological polar surface area (TPSA) is 28.2 Å². The summed E-state index contributed by atoms with van der Waals surface area (Å²) in [6.45, 7) is 2.11. The van der Waals surface area contributed by atoms with Crippen molar-refractivity contribution in [1.29, 1.82) is 0 Å². The molecule has 1 N–H and O–H groups in total. The molecular formula is C14H16BrN3. The van der Waals surface area contributed by atoms with Crippen molar-refractivity contribution in [3.8, 4) is 0 Å². The van der Waals surface area contributed by atoms with Crippen LogP contribution < -0.4 is 10.2 Å². The van der Waals surface area contributed by atoms with Gasteiger partial charge in [-0.05, 0) is 46.6 Å². The number of benzene rings is 1. The summed E-state index contributed by atoms with van der Waals surface area (Å²) in [5, 5.41) is 3.38. The molecule has 4 heteroatoms. The highest BCUT2D eigenvalue weighted by molar-refractivity contribution is 9.10. The van der Waals surface area contributed by atoms with Crippen LogP contribution in [-0.4, -0.2) is 19.1 Å². The Kier molecular flexibility index (Phi) is 3.87. The Morgan fingerprint density at radius 2 is 2.00 bits per heavy atom. The Morgan fingerprint density at radius 3 is 2.67 bits per heavy atom. The number of rotatable bonds is 3. The molecule has 0 aliphatic heterocycles. The van der Waals surface area contributed by atoms with Gasteiger partial charge >= 0.3 is 0 Å². The first-order chi connectivity index (χ1) is 8.58. The first-order valence-corrected chi connectivity index (χ1v) is 6.52. The number of aryl methyl sites for hydroxylation is 1. The average Bonchev–Trinajstić information content (AvgIpc) is 2.34. The third-order valence-electron chi connectivity index (χ3n) is 2.74. The Morgan fingerprint density at radius 1 is 1.22 bits per heavy atom. The van der Waals surface area contributed by atoms with Crippen molar-refractivity contribution in [2.24, 2.45) is 0 Å². The van der Waals surface area contributed by atoms with Crippen molar-refractivity contribution in [2.75, 3.05) is 24.3 Å². The predicted molar refractivity (Wildman–Crippen MR) is 80.7 cm³/mol. The molecule has 0 fully saturated rings. The van der Waals surface area contributed by atoms with Gasteiger partial charge in [0.2, 0.25) is 0 Å². The van der Waals surface area contributed by atoms with Crippen LogP contribution in [0.1, 0.15) is 5.56 Å². The highest BCUT2D eigenvalue weighted by Crippen LogP contribution is 2.28. The standard InChI is InChI=1S/C14H16BrN3/c1-10-4-5-11(8-14(10)18(2)3)17-13-6-7-16-9-12(13)15/h4-9H,1-3H3,(H,16,17). The summed E-state index contributed by atoms with van der Waals surface area (Å²) in [5.74, 6) is 0. The minimum absolute atomic E-state index is 0.956. The van der Waals surface area contributed by atoms with E-state index in [1.807, 2.05) is 6.07 Å². The fraction of sp³-hybridized carbons (Fsp3) is 0.214. The van der Waals surface area contributed by atoms with Crippen LogP contribution in [0.2, 0.25) is 0 Å². The van der Waals surface area contributed by atoms with Crippen LogP contribution in [0, 0.1) is 6.92 Å². The second kappa shape index (κ2) is 5.40. The molecule has 0 saturated heterocycles. The molecule has 0 radical (unpaired) electrons. The summed E-state index contributed by atoms with van der Waals surface area (Å²) in [6.07, 6.45) is 3.55. The van der Waals surface area contributed by atoms with E-state index in [0.29, 0.717) is 0 Å². The SMILES string of the molecule is Cc1ccc(Nc2ccncc2Br)cc1N(C)C. The number of hydrogen-bond donors (Lipinski definition) is 1. The monoisotopic (exact) mass is 305 g/mol. The van der Waals surface area contributed by atoms with Gasteiger partial charge in [0.1, 0.15) is 0 Å². The van der Waals surface area contributed by atoms with Crippen LogP contribution in [-0.2, 0) is 0 Å². The quantitative estimate of drug-likeness (QED) is 0.930. The van der Waals surface area contributed by atoms with Gasteiger partial charge in [-0.15, -0.1) is 0 Å². The first-order valence-electron chi connectivity index (χ1n) is 5.72. The van der Waals surface area contributed by atoms with Gasteiger partial charge in [-0.25, -0.2) is 0 Å². The summed E-state index contributed by atoms with van der Waals surface area (Å²) < 4.78 is 0.956. The zero-order valence-electron chi connectivity index (χ0n) is 10.7. The average molecular weight is 306 g/mol. The van der Waals surface area contributed by atoms with Crippen molar-refractivity contribution in [3.05, 3.63) is 46.7 Å². The number of hydrogen-bond acceptors (Lipinski definition) is 3. The molecule has 0 bridgehead atoms. The zero-order valence-corrected chi connectivity index (χ0v) is 12.3. The van der Waals surface area contributed by atoms with E-state index in [-0.39, 0.29) is 0 Å². The van der Waals surface area contributed by atoms with E-state index in [1.165, 1.54) is 11.3 Å². The fourth-order valence-electron chi connectivity index (χ4n) is 1.80. The van der Waals surface area contributed by atoms with Crippen LogP contribution in [0.5, 0.6) is 0 Å². The predicted octanol–water partition coefficient (Wildman–Crippen LogP) is 3.96. The second-order valence-electron chi connectivity index (χ2n) is 4.38. The minimum atomic E-state index is 0.956. The van der Waals surface area contributed by atoms with Crippen LogP contribution >= 0.6 is 15.9 Å². The highest BCUT2D eigenvalue weighted by Gasteiger charge is 2.04. The lowest BCUT2D eigenvalue weighted by atomic mass is 10.1. The number of anilines is 3. The van der Waals surface area contributed by atoms with Crippen LogP contribution in [0.15, 0.2) is 41.1 Å². The molecule has 2 rings (SSSR count). The van der Waals surface area contributed by atoms with Gasteiger partial charge in [-0.3, -0.25) is 4.98 Å². The summed E-state index contributed by atoms with van der Waals surface area (Å²) in [6, 6.07) is 8.28. The molecule has 0 saturated carbocycles. The fourth-order valence-corrected chi connectivity index (χ4v) is 2.15. The molecule has 1 heterocycles. The Hall–Kier alpha value is -1.55. The number of nitrogens with zero attached hydrogens (tertiary/aromatic N) is 2. The summed E-state index contributed by atoms with van der Waals surface area (Å²) >= 11 is 3.48. The van der Waals surface area contributed by atoms with Gasteiger partial charge < -0.3 is 10.2 Å². The second-order valence-corrected chi connectivity index (χ2v) is 5.23. The first kappa shape index (κ1) is 12.9. The number of nitrogens with one attached hydrogen (secondary N) is 1. The minimum Gasteiger partial charge on any atom is -0.377 e. The number of halogens is 1. The van der Waals surface area contributed by atoms with Gasteiger partial charge in [-0.2, -0.15) is 0 Å². The molecule has 0 aliphatic carbocycles. The van der Waals surface area contributed by atoms with Gasteiger partial charge in [0.15, 0.2) is 0 Å². The molecule has 94 valence electrons. The normalized spacial score (nSPS) is 10.2. The van der Waals surface area contributed by atoms with Crippen molar-refractivity contribution in [2.45, 2.75) is 6.92 Å². The van der Waals surface area contributed by atoms with Crippen LogP contribution in [0.25, 0.3) is 0 Å². The maximum absolute atomic E-state index is 4.05. The molecule has 1 aromatic carbocycles. The maximum Gasteiger partial charge on any atom is 0.0593 e. The largest absolute Gasteiger partial charge is 0.377 e. The van der Waals surface area contributed by atoms with Crippen molar-refractivity contribution in [1.82, 2.24) is 4.98 Å². The lowest BCUT2D eigenvalue weighted by Gasteiger charge is -2.17. The van der Waals surface area contributed by atoms with E-state index in [2.05, 4.69) is 70.3 Å². The Labute approximate surface area is 116 Å². The molecule has 0 spiro atoms. The summed E-state index contributed by atoms with van der Waals surface area (Å²) in [7, 11) is 4.10. The molecule has 0 unspecified atom stereocenters. The van der Waals surface area contributed by atoms with Crippen LogP contribution in [0.3, 0.4) is 0 Å². The van der Waals surface area contributed by atoms with Gasteiger partial charge in [-0.1, -0.05) is 6.07 Å². The van der Waals surface area contributed by atoms with E-state index in [4.69, 9.17) is 0 Å².